The Kier molecular flexibility index (Phi) is 5.69. The van der Waals surface area contributed by atoms with Crippen LogP contribution in [0.3, 0.4) is 0 Å². The van der Waals surface area contributed by atoms with E-state index in [1.165, 1.54) is 10.6 Å². The summed E-state index contributed by atoms with van der Waals surface area (Å²) in [6.07, 6.45) is 0.867. The molecule has 1 heterocycles. The van der Waals surface area contributed by atoms with Gasteiger partial charge >= 0.3 is 0 Å². The Morgan fingerprint density at radius 3 is 2.85 bits per heavy atom. The van der Waals surface area contributed by atoms with Crippen LogP contribution in [-0.4, -0.2) is 21.6 Å². The first kappa shape index (κ1) is 15.6. The van der Waals surface area contributed by atoms with Crippen LogP contribution in [0.1, 0.15) is 18.3 Å². The molecule has 0 saturated heterocycles. The van der Waals surface area contributed by atoms with E-state index in [4.69, 9.17) is 5.73 Å². The molecule has 1 aromatic carbocycles. The molecule has 0 aliphatic rings. The topological polar surface area (TPSA) is 43.8 Å². The molecule has 3 nitrogen and oxygen atoms in total. The average Bonchev–Trinajstić information content (AvgIpc) is 2.78. The summed E-state index contributed by atoms with van der Waals surface area (Å²) in [4.78, 5) is 1.24. The summed E-state index contributed by atoms with van der Waals surface area (Å²) < 4.78 is 3.17. The predicted octanol–water partition coefficient (Wildman–Crippen LogP) is 3.64. The molecule has 0 bridgehead atoms. The highest BCUT2D eigenvalue weighted by Crippen LogP contribution is 2.27. The normalized spacial score (nSPS) is 12.6. The van der Waals surface area contributed by atoms with Crippen molar-refractivity contribution in [1.82, 2.24) is 9.78 Å². The summed E-state index contributed by atoms with van der Waals surface area (Å²) in [7, 11) is 0. The van der Waals surface area contributed by atoms with Crippen LogP contribution < -0.4 is 5.73 Å². The third kappa shape index (κ3) is 4.11. The molecule has 1 aromatic heterocycles. The van der Waals surface area contributed by atoms with Gasteiger partial charge in [-0.1, -0.05) is 12.1 Å². The highest BCUT2D eigenvalue weighted by atomic mass is 79.9. The van der Waals surface area contributed by atoms with Crippen LogP contribution in [-0.2, 0) is 13.0 Å². The van der Waals surface area contributed by atoms with E-state index in [2.05, 4.69) is 46.2 Å². The van der Waals surface area contributed by atoms with Gasteiger partial charge < -0.3 is 5.73 Å². The van der Waals surface area contributed by atoms with Crippen molar-refractivity contribution in [3.63, 3.8) is 0 Å². The van der Waals surface area contributed by atoms with Crippen LogP contribution >= 0.6 is 27.7 Å². The highest BCUT2D eigenvalue weighted by Gasteiger charge is 2.11. The fourth-order valence-corrected chi connectivity index (χ4v) is 3.64. The van der Waals surface area contributed by atoms with Gasteiger partial charge in [-0.15, -0.1) is 11.8 Å². The van der Waals surface area contributed by atoms with Gasteiger partial charge in [-0.05, 0) is 48.0 Å². The van der Waals surface area contributed by atoms with Crippen LogP contribution in [0.5, 0.6) is 0 Å². The molecule has 0 aliphatic carbocycles. The monoisotopic (exact) mass is 353 g/mol. The quantitative estimate of drug-likeness (QED) is 0.806. The van der Waals surface area contributed by atoms with E-state index >= 15 is 0 Å². The Hall–Kier alpha value is -0.780. The van der Waals surface area contributed by atoms with Gasteiger partial charge in [-0.25, -0.2) is 0 Å². The molecule has 0 saturated carbocycles. The zero-order valence-corrected chi connectivity index (χ0v) is 14.2. The van der Waals surface area contributed by atoms with E-state index in [0.717, 1.165) is 28.9 Å². The first-order valence-corrected chi connectivity index (χ1v) is 8.54. The summed E-state index contributed by atoms with van der Waals surface area (Å²) in [5, 5.41) is 4.46. The summed E-state index contributed by atoms with van der Waals surface area (Å²) >= 11 is 5.36. The van der Waals surface area contributed by atoms with Gasteiger partial charge in [0, 0.05) is 39.8 Å². The van der Waals surface area contributed by atoms with Crippen LogP contribution in [0.15, 0.2) is 39.7 Å². The van der Waals surface area contributed by atoms with Crippen LogP contribution in [0.25, 0.3) is 0 Å². The molecule has 2 aromatic rings. The molecule has 0 radical (unpaired) electrons. The fraction of sp³-hybridized carbons (Fsp3) is 0.400. The molecule has 5 heteroatoms. The van der Waals surface area contributed by atoms with Crippen molar-refractivity contribution in [1.29, 1.82) is 0 Å². The number of halogens is 1. The van der Waals surface area contributed by atoms with Gasteiger partial charge in [-0.2, -0.15) is 5.10 Å². The summed E-state index contributed by atoms with van der Waals surface area (Å²) in [5.74, 6) is 0.899. The Morgan fingerprint density at radius 2 is 2.15 bits per heavy atom. The van der Waals surface area contributed by atoms with Crippen LogP contribution in [0.2, 0.25) is 0 Å². The third-order valence-corrected chi connectivity index (χ3v) is 5.26. The van der Waals surface area contributed by atoms with E-state index in [9.17, 15) is 0 Å². The molecule has 108 valence electrons. The number of rotatable bonds is 6. The number of nitrogens with two attached hydrogens (primary N) is 1. The predicted molar refractivity (Wildman–Crippen MR) is 89.2 cm³/mol. The van der Waals surface area contributed by atoms with Crippen LogP contribution in [0.4, 0.5) is 0 Å². The first-order chi connectivity index (χ1) is 9.60. The number of aromatic nitrogens is 2. The van der Waals surface area contributed by atoms with Crippen molar-refractivity contribution < 1.29 is 0 Å². The van der Waals surface area contributed by atoms with Crippen molar-refractivity contribution in [2.75, 3.05) is 5.75 Å². The lowest BCUT2D eigenvalue weighted by molar-refractivity contribution is 0.594. The lowest BCUT2D eigenvalue weighted by Gasteiger charge is -2.12. The smallest absolute Gasteiger partial charge is 0.0596 e. The molecular formula is C15H20BrN3S. The Labute approximate surface area is 133 Å². The van der Waals surface area contributed by atoms with Crippen molar-refractivity contribution in [2.24, 2.45) is 5.73 Å². The van der Waals surface area contributed by atoms with Crippen molar-refractivity contribution in [2.45, 2.75) is 37.8 Å². The largest absolute Gasteiger partial charge is 0.327 e. The maximum Gasteiger partial charge on any atom is 0.0596 e. The minimum Gasteiger partial charge on any atom is -0.327 e. The number of thioether (sulfide) groups is 1. The van der Waals surface area contributed by atoms with Gasteiger partial charge in [0.2, 0.25) is 0 Å². The van der Waals surface area contributed by atoms with Gasteiger partial charge in [0.15, 0.2) is 0 Å². The second kappa shape index (κ2) is 7.29. The zero-order chi connectivity index (χ0) is 14.5. The molecule has 0 spiro atoms. The molecule has 20 heavy (non-hydrogen) atoms. The molecule has 0 fully saturated rings. The molecule has 0 aliphatic heterocycles. The maximum atomic E-state index is 6.26. The Balaban J connectivity index is 1.92. The van der Waals surface area contributed by atoms with E-state index in [-0.39, 0.29) is 6.04 Å². The minimum atomic E-state index is 0.133. The van der Waals surface area contributed by atoms with E-state index in [0.29, 0.717) is 0 Å². The highest BCUT2D eigenvalue weighted by molar-refractivity contribution is 9.10. The van der Waals surface area contributed by atoms with Gasteiger partial charge in [0.05, 0.1) is 5.69 Å². The standard InChI is InChI=1S/C15H20BrN3S/c1-3-19-13(8-11(2)18-19)9-12(17)10-20-15-7-5-4-6-14(15)16/h4-8,12H,3,9-10,17H2,1-2H3. The molecule has 2 rings (SSSR count). The number of hydrogen-bond donors (Lipinski definition) is 1. The third-order valence-electron chi connectivity index (χ3n) is 3.05. The Bertz CT molecular complexity index is 568. The van der Waals surface area contributed by atoms with E-state index in [1.807, 2.05) is 23.7 Å². The fourth-order valence-electron chi connectivity index (χ4n) is 2.12. The molecule has 1 atom stereocenters. The lowest BCUT2D eigenvalue weighted by Crippen LogP contribution is -2.27. The maximum absolute atomic E-state index is 6.26. The number of nitrogens with zero attached hydrogens (tertiary/aromatic N) is 2. The van der Waals surface area contributed by atoms with Crippen molar-refractivity contribution in [3.05, 3.63) is 46.2 Å². The van der Waals surface area contributed by atoms with Gasteiger partial charge in [0.25, 0.3) is 0 Å². The summed E-state index contributed by atoms with van der Waals surface area (Å²) in [6.45, 7) is 5.03. The summed E-state index contributed by atoms with van der Waals surface area (Å²) in [6, 6.07) is 10.5. The Morgan fingerprint density at radius 1 is 1.40 bits per heavy atom. The zero-order valence-electron chi connectivity index (χ0n) is 11.8. The molecular weight excluding hydrogens is 334 g/mol. The first-order valence-electron chi connectivity index (χ1n) is 6.76. The number of hydrogen-bond acceptors (Lipinski definition) is 3. The summed E-state index contributed by atoms with van der Waals surface area (Å²) in [5.41, 5.74) is 8.55. The molecule has 0 amide bonds. The molecule has 2 N–H and O–H groups in total. The SMILES string of the molecule is CCn1nc(C)cc1CC(N)CSc1ccccc1Br. The van der Waals surface area contributed by atoms with Crippen molar-refractivity contribution in [3.8, 4) is 0 Å². The lowest BCUT2D eigenvalue weighted by atomic mass is 10.2. The second-order valence-corrected chi connectivity index (χ2v) is 6.71. The average molecular weight is 354 g/mol. The van der Waals surface area contributed by atoms with Gasteiger partial charge in [-0.3, -0.25) is 4.68 Å². The van der Waals surface area contributed by atoms with Crippen molar-refractivity contribution >= 4 is 27.7 Å². The second-order valence-electron chi connectivity index (χ2n) is 4.80. The number of benzene rings is 1. The number of aryl methyl sites for hydroxylation is 2. The van der Waals surface area contributed by atoms with Gasteiger partial charge in [0.1, 0.15) is 0 Å². The van der Waals surface area contributed by atoms with Crippen LogP contribution in [0, 0.1) is 6.92 Å². The van der Waals surface area contributed by atoms with E-state index < -0.39 is 0 Å². The molecule has 1 unspecified atom stereocenters. The minimum absolute atomic E-state index is 0.133. The van der Waals surface area contributed by atoms with E-state index in [1.54, 1.807) is 11.8 Å².